The molecule has 4 heteroatoms. The summed E-state index contributed by atoms with van der Waals surface area (Å²) in [6.07, 6.45) is 3.80. The van der Waals surface area contributed by atoms with Gasteiger partial charge in [-0.1, -0.05) is 26.0 Å². The van der Waals surface area contributed by atoms with Crippen LogP contribution < -0.4 is 0 Å². The second-order valence-corrected chi connectivity index (χ2v) is 8.22. The van der Waals surface area contributed by atoms with Gasteiger partial charge in [-0.3, -0.25) is 4.79 Å². The van der Waals surface area contributed by atoms with Crippen molar-refractivity contribution in [2.45, 2.75) is 39.5 Å². The molecule has 0 amide bonds. The minimum atomic E-state index is -3.29. The molecule has 1 aliphatic carbocycles. The Morgan fingerprint density at radius 1 is 1.20 bits per heavy atom. The first-order valence-corrected chi connectivity index (χ1v) is 9.05. The predicted octanol–water partition coefficient (Wildman–Crippen LogP) is 2.82. The first-order chi connectivity index (χ1) is 9.37. The van der Waals surface area contributed by atoms with Gasteiger partial charge in [0.15, 0.2) is 15.6 Å². The van der Waals surface area contributed by atoms with E-state index in [4.69, 9.17) is 0 Å². The summed E-state index contributed by atoms with van der Waals surface area (Å²) >= 11 is 0. The first kappa shape index (κ1) is 15.2. The molecular weight excluding hydrogens is 272 g/mol. The molecular formula is C16H22O3S. The van der Waals surface area contributed by atoms with Crippen molar-refractivity contribution in [1.29, 1.82) is 0 Å². The lowest BCUT2D eigenvalue weighted by molar-refractivity contribution is 0.102. The number of benzene rings is 1. The number of aryl methyl sites for hydroxylation is 2. The molecule has 3 nitrogen and oxygen atoms in total. The number of hydrogen-bond donors (Lipinski definition) is 0. The molecule has 0 fully saturated rings. The summed E-state index contributed by atoms with van der Waals surface area (Å²) in [6.45, 7) is 3.97. The number of fused-ring (bicyclic) bond motifs is 1. The van der Waals surface area contributed by atoms with Crippen molar-refractivity contribution in [3.63, 3.8) is 0 Å². The summed E-state index contributed by atoms with van der Waals surface area (Å²) in [5.74, 6) is -0.205. The molecule has 110 valence electrons. The maximum absolute atomic E-state index is 12.1. The maximum atomic E-state index is 12.1. The van der Waals surface area contributed by atoms with Crippen molar-refractivity contribution < 1.29 is 13.2 Å². The first-order valence-electron chi connectivity index (χ1n) is 7.23. The summed E-state index contributed by atoms with van der Waals surface area (Å²) < 4.78 is 23.9. The van der Waals surface area contributed by atoms with E-state index < -0.39 is 9.84 Å². The third-order valence-corrected chi connectivity index (χ3v) is 5.34. The number of rotatable bonds is 6. The van der Waals surface area contributed by atoms with Crippen LogP contribution in [0.2, 0.25) is 0 Å². The van der Waals surface area contributed by atoms with Crippen molar-refractivity contribution in [3.05, 3.63) is 34.9 Å². The molecule has 1 aliphatic rings. The lowest BCUT2D eigenvalue weighted by Crippen LogP contribution is -2.20. The molecule has 0 spiro atoms. The van der Waals surface area contributed by atoms with Gasteiger partial charge in [-0.15, -0.1) is 0 Å². The van der Waals surface area contributed by atoms with Crippen molar-refractivity contribution >= 4 is 15.6 Å². The Balaban J connectivity index is 2.05. The molecule has 0 unspecified atom stereocenters. The minimum absolute atomic E-state index is 0.0986. The quantitative estimate of drug-likeness (QED) is 0.758. The molecule has 0 saturated heterocycles. The highest BCUT2D eigenvalue weighted by Crippen LogP contribution is 2.23. The van der Waals surface area contributed by atoms with Crippen molar-refractivity contribution in [1.82, 2.24) is 0 Å². The molecule has 0 radical (unpaired) electrons. The highest BCUT2D eigenvalue weighted by molar-refractivity contribution is 7.92. The van der Waals surface area contributed by atoms with Crippen LogP contribution in [0.1, 0.15) is 48.2 Å². The SMILES string of the molecule is CC(C)CCS(=O)(=O)CC(=O)c1ccc2c(c1)CCC2. The van der Waals surface area contributed by atoms with E-state index in [1.54, 1.807) is 6.07 Å². The Hall–Kier alpha value is -1.16. The van der Waals surface area contributed by atoms with E-state index in [1.165, 1.54) is 11.1 Å². The molecule has 20 heavy (non-hydrogen) atoms. The average Bonchev–Trinajstić information content (AvgIpc) is 2.83. The Labute approximate surface area is 121 Å². The molecule has 1 aromatic carbocycles. The Morgan fingerprint density at radius 2 is 1.90 bits per heavy atom. The lowest BCUT2D eigenvalue weighted by atomic mass is 10.0. The molecule has 0 atom stereocenters. The second kappa shape index (κ2) is 6.08. The number of carbonyl (C=O) groups is 1. The van der Waals surface area contributed by atoms with Crippen LogP contribution in [0, 0.1) is 5.92 Å². The van der Waals surface area contributed by atoms with Gasteiger partial charge in [0.1, 0.15) is 5.75 Å². The van der Waals surface area contributed by atoms with E-state index in [2.05, 4.69) is 0 Å². The van der Waals surface area contributed by atoms with Gasteiger partial charge < -0.3 is 0 Å². The van der Waals surface area contributed by atoms with Gasteiger partial charge in [0.05, 0.1) is 5.75 Å². The van der Waals surface area contributed by atoms with Gasteiger partial charge >= 0.3 is 0 Å². The fourth-order valence-electron chi connectivity index (χ4n) is 2.52. The topological polar surface area (TPSA) is 51.2 Å². The van der Waals surface area contributed by atoms with Crippen molar-refractivity contribution in [3.8, 4) is 0 Å². The number of carbonyl (C=O) groups excluding carboxylic acids is 1. The standard InChI is InChI=1S/C16H22O3S/c1-12(2)8-9-20(18,19)11-16(17)15-7-6-13-4-3-5-14(13)10-15/h6-7,10,12H,3-5,8-9,11H2,1-2H3. The van der Waals surface area contributed by atoms with E-state index in [0.717, 1.165) is 19.3 Å². The van der Waals surface area contributed by atoms with Gasteiger partial charge in [-0.25, -0.2) is 8.42 Å². The summed E-state index contributed by atoms with van der Waals surface area (Å²) in [5.41, 5.74) is 3.04. The minimum Gasteiger partial charge on any atom is -0.293 e. The summed E-state index contributed by atoms with van der Waals surface area (Å²) in [5, 5.41) is 0. The van der Waals surface area contributed by atoms with Crippen LogP contribution in [-0.2, 0) is 22.7 Å². The van der Waals surface area contributed by atoms with Crippen LogP contribution in [0.5, 0.6) is 0 Å². The number of hydrogen-bond acceptors (Lipinski definition) is 3. The summed E-state index contributed by atoms with van der Waals surface area (Å²) in [4.78, 5) is 12.1. The van der Waals surface area contributed by atoms with Crippen LogP contribution in [0.4, 0.5) is 0 Å². The van der Waals surface area contributed by atoms with Gasteiger partial charge in [-0.05, 0) is 48.8 Å². The van der Waals surface area contributed by atoms with E-state index in [0.29, 0.717) is 17.9 Å². The van der Waals surface area contributed by atoms with Crippen molar-refractivity contribution in [2.24, 2.45) is 5.92 Å². The highest BCUT2D eigenvalue weighted by Gasteiger charge is 2.20. The largest absolute Gasteiger partial charge is 0.293 e. The zero-order valence-electron chi connectivity index (χ0n) is 12.2. The third-order valence-electron chi connectivity index (χ3n) is 3.78. The van der Waals surface area contributed by atoms with Gasteiger partial charge in [0, 0.05) is 5.56 Å². The van der Waals surface area contributed by atoms with Gasteiger partial charge in [-0.2, -0.15) is 0 Å². The van der Waals surface area contributed by atoms with Gasteiger partial charge in [0.2, 0.25) is 0 Å². The molecule has 0 N–H and O–H groups in total. The third kappa shape index (κ3) is 3.92. The van der Waals surface area contributed by atoms with Crippen LogP contribution in [-0.4, -0.2) is 25.7 Å². The zero-order chi connectivity index (χ0) is 14.8. The maximum Gasteiger partial charge on any atom is 0.177 e. The Morgan fingerprint density at radius 3 is 2.60 bits per heavy atom. The van der Waals surface area contributed by atoms with E-state index in [-0.39, 0.29) is 17.3 Å². The molecule has 2 rings (SSSR count). The van der Waals surface area contributed by atoms with E-state index >= 15 is 0 Å². The normalized spacial score (nSPS) is 14.6. The van der Waals surface area contributed by atoms with E-state index in [1.807, 2.05) is 26.0 Å². The monoisotopic (exact) mass is 294 g/mol. The lowest BCUT2D eigenvalue weighted by Gasteiger charge is -2.07. The molecule has 0 saturated carbocycles. The molecule has 0 heterocycles. The average molecular weight is 294 g/mol. The summed E-state index contributed by atoms with van der Waals surface area (Å²) in [6, 6.07) is 5.61. The Kier molecular flexibility index (Phi) is 4.63. The molecule has 1 aromatic rings. The number of sulfone groups is 1. The van der Waals surface area contributed by atoms with Crippen LogP contribution in [0.25, 0.3) is 0 Å². The summed E-state index contributed by atoms with van der Waals surface area (Å²) in [7, 11) is -3.29. The Bertz CT molecular complexity index is 600. The van der Waals surface area contributed by atoms with Crippen LogP contribution in [0.3, 0.4) is 0 Å². The van der Waals surface area contributed by atoms with Crippen LogP contribution >= 0.6 is 0 Å². The van der Waals surface area contributed by atoms with Gasteiger partial charge in [0.25, 0.3) is 0 Å². The van der Waals surface area contributed by atoms with Crippen LogP contribution in [0.15, 0.2) is 18.2 Å². The number of ketones is 1. The van der Waals surface area contributed by atoms with Crippen molar-refractivity contribution in [2.75, 3.05) is 11.5 Å². The molecule has 0 bridgehead atoms. The smallest absolute Gasteiger partial charge is 0.177 e. The molecule has 0 aromatic heterocycles. The second-order valence-electron chi connectivity index (χ2n) is 6.03. The predicted molar refractivity (Wildman–Crippen MR) is 80.9 cm³/mol. The molecule has 0 aliphatic heterocycles. The number of Topliss-reactive ketones (excluding diaryl/α,β-unsaturated/α-hetero) is 1. The zero-order valence-corrected chi connectivity index (χ0v) is 13.0. The van der Waals surface area contributed by atoms with E-state index in [9.17, 15) is 13.2 Å². The fourth-order valence-corrected chi connectivity index (χ4v) is 4.06. The fraction of sp³-hybridized carbons (Fsp3) is 0.562. The highest BCUT2D eigenvalue weighted by atomic mass is 32.2.